The van der Waals surface area contributed by atoms with Crippen molar-refractivity contribution in [3.8, 4) is 0 Å². The maximum Gasteiger partial charge on any atom is 0.412 e. The summed E-state index contributed by atoms with van der Waals surface area (Å²) in [5.41, 5.74) is -0.615. The summed E-state index contributed by atoms with van der Waals surface area (Å²) >= 11 is 0. The molecule has 0 fully saturated rings. The van der Waals surface area contributed by atoms with Crippen molar-refractivity contribution >= 4 is 0 Å². The van der Waals surface area contributed by atoms with E-state index < -0.39 is 11.7 Å². The number of allylic oxidation sites excluding steroid dienone is 5. The van der Waals surface area contributed by atoms with E-state index in [-0.39, 0.29) is 0 Å². The summed E-state index contributed by atoms with van der Waals surface area (Å²) < 4.78 is 35.2. The predicted octanol–water partition coefficient (Wildman–Crippen LogP) is 3.24. The second kappa shape index (κ2) is 4.01. The third kappa shape index (κ3) is 4.42. The summed E-state index contributed by atoms with van der Waals surface area (Å²) in [6.45, 7) is 4.34. The Hall–Kier alpha value is -0.990. The molecule has 0 bridgehead atoms. The highest BCUT2D eigenvalue weighted by Gasteiger charge is 2.29. The van der Waals surface area contributed by atoms with Crippen LogP contribution in [0, 0.1) is 0 Å². The van der Waals surface area contributed by atoms with Crippen LogP contribution in [0.4, 0.5) is 13.2 Å². The third-order valence-electron chi connectivity index (χ3n) is 1.04. The molecule has 62 valence electrons. The van der Waals surface area contributed by atoms with Crippen molar-refractivity contribution in [1.82, 2.24) is 0 Å². The van der Waals surface area contributed by atoms with Crippen LogP contribution in [0.1, 0.15) is 6.92 Å². The molecule has 0 atom stereocenters. The molecule has 0 amide bonds. The molecule has 0 aromatic rings. The van der Waals surface area contributed by atoms with E-state index in [1.807, 2.05) is 0 Å². The lowest BCUT2D eigenvalue weighted by atomic mass is 10.2. The van der Waals surface area contributed by atoms with Gasteiger partial charge in [0, 0.05) is 5.57 Å². The first-order valence-electron chi connectivity index (χ1n) is 3.01. The van der Waals surface area contributed by atoms with E-state index in [0.29, 0.717) is 0 Å². The average Bonchev–Trinajstić information content (AvgIpc) is 1.86. The van der Waals surface area contributed by atoms with Gasteiger partial charge in [-0.1, -0.05) is 30.9 Å². The summed E-state index contributed by atoms with van der Waals surface area (Å²) in [5, 5.41) is 0. The number of hydrogen-bond acceptors (Lipinski definition) is 0. The summed E-state index contributed by atoms with van der Waals surface area (Å²) in [6.07, 6.45) is 0.943. The van der Waals surface area contributed by atoms with E-state index in [9.17, 15) is 13.2 Å². The molecule has 0 unspecified atom stereocenters. The van der Waals surface area contributed by atoms with Gasteiger partial charge in [0.15, 0.2) is 0 Å². The molecule has 0 radical (unpaired) electrons. The fourth-order valence-corrected chi connectivity index (χ4v) is 0.373. The number of rotatable bonds is 2. The van der Waals surface area contributed by atoms with Gasteiger partial charge in [-0.3, -0.25) is 0 Å². The highest BCUT2D eigenvalue weighted by molar-refractivity contribution is 5.17. The van der Waals surface area contributed by atoms with Crippen molar-refractivity contribution in [2.24, 2.45) is 0 Å². The second-order valence-electron chi connectivity index (χ2n) is 1.97. The van der Waals surface area contributed by atoms with Crippen LogP contribution in [0.3, 0.4) is 0 Å². The molecule has 0 aliphatic carbocycles. The van der Waals surface area contributed by atoms with Crippen LogP contribution < -0.4 is 0 Å². The normalized spacial score (nSPS) is 14.0. The number of hydrogen-bond donors (Lipinski definition) is 0. The van der Waals surface area contributed by atoms with Crippen LogP contribution in [-0.4, -0.2) is 6.18 Å². The van der Waals surface area contributed by atoms with Gasteiger partial charge in [0.05, 0.1) is 0 Å². The van der Waals surface area contributed by atoms with Crippen molar-refractivity contribution < 1.29 is 13.2 Å². The van der Waals surface area contributed by atoms with Crippen LogP contribution >= 0.6 is 0 Å². The van der Waals surface area contributed by atoms with Gasteiger partial charge in [-0.15, -0.1) is 0 Å². The Labute approximate surface area is 63.7 Å². The second-order valence-corrected chi connectivity index (χ2v) is 1.97. The molecule has 0 aromatic heterocycles. The van der Waals surface area contributed by atoms with Crippen LogP contribution in [0.15, 0.2) is 36.5 Å². The highest BCUT2D eigenvalue weighted by Crippen LogP contribution is 2.24. The molecular weight excluding hydrogens is 153 g/mol. The Morgan fingerprint density at radius 3 is 2.18 bits per heavy atom. The molecule has 0 aromatic carbocycles. The summed E-state index contributed by atoms with van der Waals surface area (Å²) in [4.78, 5) is 0. The largest absolute Gasteiger partial charge is 0.412 e. The zero-order valence-corrected chi connectivity index (χ0v) is 6.15. The van der Waals surface area contributed by atoms with Crippen LogP contribution in [-0.2, 0) is 0 Å². The highest BCUT2D eigenvalue weighted by atomic mass is 19.4. The minimum Gasteiger partial charge on any atom is -0.166 e. The van der Waals surface area contributed by atoms with Crippen molar-refractivity contribution in [2.45, 2.75) is 13.1 Å². The molecule has 0 heterocycles. The summed E-state index contributed by atoms with van der Waals surface area (Å²) in [5.74, 6) is 0. The summed E-state index contributed by atoms with van der Waals surface area (Å²) in [6, 6.07) is 0. The molecule has 0 nitrogen and oxygen atoms in total. The number of alkyl halides is 3. The van der Waals surface area contributed by atoms with E-state index >= 15 is 0 Å². The zero-order valence-electron chi connectivity index (χ0n) is 6.15. The van der Waals surface area contributed by atoms with Gasteiger partial charge in [0.1, 0.15) is 0 Å². The smallest absolute Gasteiger partial charge is 0.166 e. The molecule has 0 saturated heterocycles. The fraction of sp³-hybridized carbons (Fsp3) is 0.250. The lowest BCUT2D eigenvalue weighted by Gasteiger charge is -2.03. The maximum atomic E-state index is 11.7. The van der Waals surface area contributed by atoms with E-state index in [4.69, 9.17) is 0 Å². The average molecular weight is 162 g/mol. The molecule has 0 rings (SSSR count). The molecule has 0 aliphatic heterocycles. The minimum atomic E-state index is -4.22. The molecule has 0 spiro atoms. The van der Waals surface area contributed by atoms with Gasteiger partial charge >= 0.3 is 6.18 Å². The van der Waals surface area contributed by atoms with Crippen LogP contribution in [0.25, 0.3) is 0 Å². The monoisotopic (exact) mass is 162 g/mol. The molecule has 3 heteroatoms. The molecule has 0 saturated carbocycles. The third-order valence-corrected chi connectivity index (χ3v) is 1.04. The summed E-state index contributed by atoms with van der Waals surface area (Å²) in [7, 11) is 0. The Balaban J connectivity index is 4.23. The SMILES string of the molecule is C=C/C=C\C=C(/C)C(F)(F)F. The first-order valence-corrected chi connectivity index (χ1v) is 3.01. The lowest BCUT2D eigenvalue weighted by Crippen LogP contribution is -2.08. The minimum absolute atomic E-state index is 0.615. The van der Waals surface area contributed by atoms with Crippen molar-refractivity contribution in [3.63, 3.8) is 0 Å². The van der Waals surface area contributed by atoms with Crippen LogP contribution in [0.5, 0.6) is 0 Å². The van der Waals surface area contributed by atoms with Crippen molar-refractivity contribution in [2.75, 3.05) is 0 Å². The van der Waals surface area contributed by atoms with Gasteiger partial charge in [-0.05, 0) is 6.92 Å². The standard InChI is InChI=1S/C8H9F3/c1-3-4-5-6-7(2)8(9,10)11/h3-6H,1H2,2H3/b5-4-,7-6+. The Morgan fingerprint density at radius 2 is 1.82 bits per heavy atom. The van der Waals surface area contributed by atoms with Gasteiger partial charge in [0.25, 0.3) is 0 Å². The van der Waals surface area contributed by atoms with Gasteiger partial charge in [-0.2, -0.15) is 13.2 Å². The maximum absolute atomic E-state index is 11.7. The van der Waals surface area contributed by atoms with Crippen LogP contribution in [0.2, 0.25) is 0 Å². The van der Waals surface area contributed by atoms with E-state index in [0.717, 1.165) is 13.0 Å². The van der Waals surface area contributed by atoms with Gasteiger partial charge < -0.3 is 0 Å². The van der Waals surface area contributed by atoms with E-state index in [2.05, 4.69) is 6.58 Å². The number of halogens is 3. The van der Waals surface area contributed by atoms with E-state index in [1.165, 1.54) is 18.2 Å². The Kier molecular flexibility index (Phi) is 3.65. The van der Waals surface area contributed by atoms with Crippen molar-refractivity contribution in [3.05, 3.63) is 36.5 Å². The molecule has 0 aliphatic rings. The topological polar surface area (TPSA) is 0 Å². The van der Waals surface area contributed by atoms with Gasteiger partial charge in [-0.25, -0.2) is 0 Å². The lowest BCUT2D eigenvalue weighted by molar-refractivity contribution is -0.0912. The fourth-order valence-electron chi connectivity index (χ4n) is 0.373. The quantitative estimate of drug-likeness (QED) is 0.547. The van der Waals surface area contributed by atoms with E-state index in [1.54, 1.807) is 0 Å². The zero-order chi connectivity index (χ0) is 8.91. The first-order chi connectivity index (χ1) is 4.98. The Morgan fingerprint density at radius 1 is 1.27 bits per heavy atom. The van der Waals surface area contributed by atoms with Gasteiger partial charge in [0.2, 0.25) is 0 Å². The predicted molar refractivity (Wildman–Crippen MR) is 39.1 cm³/mol. The first kappa shape index (κ1) is 10.0. The Bertz CT molecular complexity index is 184. The van der Waals surface area contributed by atoms with Crippen molar-refractivity contribution in [1.29, 1.82) is 0 Å². The molecule has 11 heavy (non-hydrogen) atoms. The molecular formula is C8H9F3. The molecule has 0 N–H and O–H groups in total.